The Labute approximate surface area is 111 Å². The van der Waals surface area contributed by atoms with Crippen LogP contribution in [0.2, 0.25) is 0 Å². The van der Waals surface area contributed by atoms with Crippen molar-refractivity contribution in [1.82, 2.24) is 14.3 Å². The van der Waals surface area contributed by atoms with Crippen LogP contribution < -0.4 is 0 Å². The van der Waals surface area contributed by atoms with Crippen molar-refractivity contribution in [3.05, 3.63) is 12.5 Å². The summed E-state index contributed by atoms with van der Waals surface area (Å²) in [6.45, 7) is 0.872. The van der Waals surface area contributed by atoms with Crippen molar-refractivity contribution in [1.29, 1.82) is 0 Å². The minimum absolute atomic E-state index is 0.108. The molecule has 0 aliphatic carbocycles. The van der Waals surface area contributed by atoms with E-state index in [9.17, 15) is 13.2 Å². The molecule has 8 heteroatoms. The lowest BCUT2D eigenvalue weighted by Crippen LogP contribution is -2.38. The minimum Gasteiger partial charge on any atom is -0.481 e. The fourth-order valence-corrected chi connectivity index (χ4v) is 3.65. The third kappa shape index (κ3) is 3.32. The molecule has 1 aliphatic rings. The predicted octanol–water partition coefficient (Wildman–Crippen LogP) is 0.675. The predicted molar refractivity (Wildman–Crippen MR) is 66.9 cm³/mol. The second kappa shape index (κ2) is 5.70. The molecule has 1 saturated heterocycles. The van der Waals surface area contributed by atoms with Crippen LogP contribution in [0.15, 0.2) is 17.6 Å². The number of carboxylic acids is 1. The average molecular weight is 287 g/mol. The van der Waals surface area contributed by atoms with E-state index in [0.29, 0.717) is 38.3 Å². The van der Waals surface area contributed by atoms with Gasteiger partial charge in [-0.05, 0) is 25.2 Å². The highest BCUT2D eigenvalue weighted by Crippen LogP contribution is 2.25. The molecule has 0 bridgehead atoms. The maximum absolute atomic E-state index is 12.2. The number of hydrogen-bond acceptors (Lipinski definition) is 4. The second-order valence-electron chi connectivity index (χ2n) is 4.70. The molecular formula is C11H17N3O4S. The van der Waals surface area contributed by atoms with E-state index in [1.54, 1.807) is 0 Å². The molecule has 0 unspecified atom stereocenters. The first-order chi connectivity index (χ1) is 9.00. The molecule has 0 atom stereocenters. The van der Waals surface area contributed by atoms with Gasteiger partial charge in [0.25, 0.3) is 10.0 Å². The first-order valence-corrected chi connectivity index (χ1v) is 7.64. The van der Waals surface area contributed by atoms with E-state index in [0.717, 1.165) is 0 Å². The van der Waals surface area contributed by atoms with Crippen LogP contribution in [0.25, 0.3) is 0 Å². The number of H-pyrrole nitrogens is 1. The molecule has 1 aromatic rings. The fourth-order valence-electron chi connectivity index (χ4n) is 2.29. The average Bonchev–Trinajstić information content (AvgIpc) is 2.91. The normalized spacial score (nSPS) is 18.5. The van der Waals surface area contributed by atoms with Gasteiger partial charge in [-0.1, -0.05) is 0 Å². The lowest BCUT2D eigenvalue weighted by molar-refractivity contribution is -0.137. The number of hydrogen-bond donors (Lipinski definition) is 2. The summed E-state index contributed by atoms with van der Waals surface area (Å²) in [4.78, 5) is 16.8. The summed E-state index contributed by atoms with van der Waals surface area (Å²) in [6, 6.07) is 0. The third-order valence-corrected chi connectivity index (χ3v) is 5.25. The van der Waals surface area contributed by atoms with Gasteiger partial charge in [-0.3, -0.25) is 4.79 Å². The lowest BCUT2D eigenvalue weighted by atomic mass is 9.93. The molecule has 0 aromatic carbocycles. The molecular weight excluding hydrogens is 270 g/mol. The number of piperidine rings is 1. The number of aliphatic carboxylic acids is 1. The second-order valence-corrected chi connectivity index (χ2v) is 6.60. The summed E-state index contributed by atoms with van der Waals surface area (Å²) < 4.78 is 25.8. The zero-order valence-corrected chi connectivity index (χ0v) is 11.3. The smallest absolute Gasteiger partial charge is 0.303 e. The first kappa shape index (κ1) is 14.0. The number of aromatic amines is 1. The molecule has 0 spiro atoms. The highest BCUT2D eigenvalue weighted by atomic mass is 32.2. The molecule has 106 valence electrons. The molecule has 2 heterocycles. The number of aromatic nitrogens is 2. The highest BCUT2D eigenvalue weighted by molar-refractivity contribution is 7.89. The monoisotopic (exact) mass is 287 g/mol. The van der Waals surface area contributed by atoms with E-state index >= 15 is 0 Å². The molecule has 1 aromatic heterocycles. The lowest BCUT2D eigenvalue weighted by Gasteiger charge is -2.30. The van der Waals surface area contributed by atoms with Crippen molar-refractivity contribution in [3.8, 4) is 0 Å². The Morgan fingerprint density at radius 1 is 1.47 bits per heavy atom. The Hall–Kier alpha value is -1.41. The Balaban J connectivity index is 1.91. The largest absolute Gasteiger partial charge is 0.481 e. The summed E-state index contributed by atoms with van der Waals surface area (Å²) in [7, 11) is -3.47. The van der Waals surface area contributed by atoms with E-state index in [4.69, 9.17) is 5.11 Å². The van der Waals surface area contributed by atoms with Crippen LogP contribution in [0.1, 0.15) is 25.7 Å². The number of rotatable bonds is 5. The molecule has 0 amide bonds. The van der Waals surface area contributed by atoms with E-state index in [1.165, 1.54) is 16.8 Å². The van der Waals surface area contributed by atoms with Crippen molar-refractivity contribution in [3.63, 3.8) is 0 Å². The topological polar surface area (TPSA) is 103 Å². The van der Waals surface area contributed by atoms with E-state index in [1.807, 2.05) is 0 Å². The quantitative estimate of drug-likeness (QED) is 0.828. The maximum Gasteiger partial charge on any atom is 0.303 e. The van der Waals surface area contributed by atoms with Crippen molar-refractivity contribution in [2.45, 2.75) is 30.7 Å². The molecule has 7 nitrogen and oxygen atoms in total. The number of nitrogens with zero attached hydrogens (tertiary/aromatic N) is 2. The Morgan fingerprint density at radius 2 is 2.16 bits per heavy atom. The SMILES string of the molecule is O=C(O)CCC1CCN(S(=O)(=O)c2cnc[nH]2)CC1. The van der Waals surface area contributed by atoms with E-state index in [2.05, 4.69) is 9.97 Å². The van der Waals surface area contributed by atoms with Gasteiger partial charge in [0, 0.05) is 19.5 Å². The highest BCUT2D eigenvalue weighted by Gasteiger charge is 2.30. The molecule has 0 radical (unpaired) electrons. The Morgan fingerprint density at radius 3 is 2.68 bits per heavy atom. The van der Waals surface area contributed by atoms with Crippen molar-refractivity contribution in [2.75, 3.05) is 13.1 Å². The summed E-state index contributed by atoms with van der Waals surface area (Å²) in [5.74, 6) is -0.503. The van der Waals surface area contributed by atoms with Crippen LogP contribution in [0.5, 0.6) is 0 Å². The fraction of sp³-hybridized carbons (Fsp3) is 0.636. The number of carbonyl (C=O) groups is 1. The molecule has 2 N–H and O–H groups in total. The van der Waals surface area contributed by atoms with Crippen molar-refractivity contribution >= 4 is 16.0 Å². The van der Waals surface area contributed by atoms with Crippen LogP contribution >= 0.6 is 0 Å². The number of imidazole rings is 1. The third-order valence-electron chi connectivity index (χ3n) is 3.43. The number of sulfonamides is 1. The van der Waals surface area contributed by atoms with Gasteiger partial charge in [-0.15, -0.1) is 0 Å². The standard InChI is InChI=1S/C11H17N3O4S/c15-11(16)2-1-9-3-5-14(6-4-9)19(17,18)10-7-12-8-13-10/h7-9H,1-6H2,(H,12,13)(H,15,16). The van der Waals surface area contributed by atoms with Crippen LogP contribution in [-0.4, -0.2) is 46.9 Å². The zero-order chi connectivity index (χ0) is 13.9. The summed E-state index contributed by atoms with van der Waals surface area (Å²) in [6.07, 6.45) is 4.82. The van der Waals surface area contributed by atoms with E-state index < -0.39 is 16.0 Å². The van der Waals surface area contributed by atoms with Gasteiger partial charge in [0.05, 0.1) is 12.5 Å². The van der Waals surface area contributed by atoms with Gasteiger partial charge in [-0.25, -0.2) is 13.4 Å². The minimum atomic E-state index is -3.47. The molecule has 1 aliphatic heterocycles. The van der Waals surface area contributed by atoms with E-state index in [-0.39, 0.29) is 11.4 Å². The summed E-state index contributed by atoms with van der Waals surface area (Å²) in [5, 5.41) is 8.74. The van der Waals surface area contributed by atoms with Crippen LogP contribution in [0.4, 0.5) is 0 Å². The number of carboxylic acid groups (broad SMARTS) is 1. The molecule has 0 saturated carbocycles. The van der Waals surface area contributed by atoms with Crippen LogP contribution in [0.3, 0.4) is 0 Å². The molecule has 19 heavy (non-hydrogen) atoms. The molecule has 2 rings (SSSR count). The van der Waals surface area contributed by atoms with Crippen LogP contribution in [0, 0.1) is 5.92 Å². The zero-order valence-electron chi connectivity index (χ0n) is 10.4. The van der Waals surface area contributed by atoms with Gasteiger partial charge in [0.1, 0.15) is 0 Å². The summed E-state index contributed by atoms with van der Waals surface area (Å²) in [5.41, 5.74) is 0. The number of nitrogens with one attached hydrogen (secondary N) is 1. The first-order valence-electron chi connectivity index (χ1n) is 6.20. The van der Waals surface area contributed by atoms with Gasteiger partial charge < -0.3 is 10.1 Å². The van der Waals surface area contributed by atoms with Crippen molar-refractivity contribution < 1.29 is 18.3 Å². The van der Waals surface area contributed by atoms with Crippen LogP contribution in [-0.2, 0) is 14.8 Å². The Kier molecular flexibility index (Phi) is 4.20. The van der Waals surface area contributed by atoms with Gasteiger partial charge in [0.2, 0.25) is 0 Å². The Bertz CT molecular complexity index is 518. The maximum atomic E-state index is 12.2. The van der Waals surface area contributed by atoms with Crippen molar-refractivity contribution in [2.24, 2.45) is 5.92 Å². The van der Waals surface area contributed by atoms with Gasteiger partial charge in [-0.2, -0.15) is 4.31 Å². The summed E-state index contributed by atoms with van der Waals surface area (Å²) >= 11 is 0. The van der Waals surface area contributed by atoms with Gasteiger partial charge in [0.15, 0.2) is 5.03 Å². The molecule has 1 fully saturated rings. The van der Waals surface area contributed by atoms with Gasteiger partial charge >= 0.3 is 5.97 Å².